The molecule has 42 heavy (non-hydrogen) atoms. The summed E-state index contributed by atoms with van der Waals surface area (Å²) < 4.78 is 18.5. The van der Waals surface area contributed by atoms with Crippen LogP contribution in [0.4, 0.5) is 0 Å². The molecule has 7 nitrogen and oxygen atoms in total. The standard InChI is InChI=1S/C35H60O7/c1-21(2)12-9-13-22(3)14-10-15-23(4)16-11-18-35(8)19-17-27-26(7)32(24(5)25(6)33(27)42-35)41-34-31(39)30(38)29(37)28(20-36)40-34/h21-23,28-31,34,36-39H,9-20H2,1-8H3/t22?,23?,28-,29-,30+,31-,34+,35?/m1/s1. The number of ether oxygens (including phenoxy) is 3. The smallest absolute Gasteiger partial charge is 0.229 e. The second-order valence-corrected chi connectivity index (χ2v) is 14.2. The van der Waals surface area contributed by atoms with Gasteiger partial charge in [-0.25, -0.2) is 0 Å². The lowest BCUT2D eigenvalue weighted by Crippen LogP contribution is -2.60. The fourth-order valence-corrected chi connectivity index (χ4v) is 6.72. The van der Waals surface area contributed by atoms with Crippen molar-refractivity contribution in [3.8, 4) is 11.5 Å². The van der Waals surface area contributed by atoms with Crippen LogP contribution in [0.5, 0.6) is 11.5 Å². The second kappa shape index (κ2) is 15.6. The fraction of sp³-hybridized carbons (Fsp3) is 0.829. The summed E-state index contributed by atoms with van der Waals surface area (Å²) in [4.78, 5) is 0. The number of aliphatic hydroxyl groups excluding tert-OH is 4. The zero-order valence-corrected chi connectivity index (χ0v) is 27.6. The van der Waals surface area contributed by atoms with E-state index in [0.29, 0.717) is 5.75 Å². The molecular formula is C35H60O7. The van der Waals surface area contributed by atoms with Crippen LogP contribution in [0.25, 0.3) is 0 Å². The van der Waals surface area contributed by atoms with Crippen LogP contribution < -0.4 is 9.47 Å². The topological polar surface area (TPSA) is 109 Å². The monoisotopic (exact) mass is 592 g/mol. The van der Waals surface area contributed by atoms with Gasteiger partial charge in [-0.2, -0.15) is 0 Å². The van der Waals surface area contributed by atoms with Crippen molar-refractivity contribution >= 4 is 0 Å². The minimum absolute atomic E-state index is 0.207. The Morgan fingerprint density at radius 3 is 2.00 bits per heavy atom. The first kappa shape index (κ1) is 35.1. The lowest BCUT2D eigenvalue weighted by Gasteiger charge is -2.41. The molecule has 1 saturated heterocycles. The molecule has 7 heteroatoms. The molecule has 0 radical (unpaired) electrons. The molecule has 3 unspecified atom stereocenters. The Morgan fingerprint density at radius 1 is 0.810 bits per heavy atom. The highest BCUT2D eigenvalue weighted by atomic mass is 16.7. The molecule has 0 saturated carbocycles. The highest BCUT2D eigenvalue weighted by molar-refractivity contribution is 5.59. The van der Waals surface area contributed by atoms with E-state index >= 15 is 0 Å². The van der Waals surface area contributed by atoms with Gasteiger partial charge in [-0.05, 0) is 87.8 Å². The maximum Gasteiger partial charge on any atom is 0.229 e. The highest BCUT2D eigenvalue weighted by Crippen LogP contribution is 2.45. The molecule has 2 heterocycles. The third-order valence-corrected chi connectivity index (χ3v) is 9.92. The van der Waals surface area contributed by atoms with Crippen LogP contribution in [0.3, 0.4) is 0 Å². The van der Waals surface area contributed by atoms with Gasteiger partial charge in [0.15, 0.2) is 0 Å². The minimum atomic E-state index is -1.48. The molecule has 3 rings (SSSR count). The predicted octanol–water partition coefficient (Wildman–Crippen LogP) is 6.31. The summed E-state index contributed by atoms with van der Waals surface area (Å²) in [7, 11) is 0. The number of aliphatic hydroxyl groups is 4. The number of hydrogen-bond acceptors (Lipinski definition) is 7. The Morgan fingerprint density at radius 2 is 1.40 bits per heavy atom. The summed E-state index contributed by atoms with van der Waals surface area (Å²) in [6, 6.07) is 0. The first-order valence-electron chi connectivity index (χ1n) is 16.6. The predicted molar refractivity (Wildman–Crippen MR) is 167 cm³/mol. The van der Waals surface area contributed by atoms with Crippen molar-refractivity contribution in [2.45, 2.75) is 162 Å². The van der Waals surface area contributed by atoms with E-state index in [1.165, 1.54) is 44.9 Å². The molecular weight excluding hydrogens is 532 g/mol. The Hall–Kier alpha value is -1.38. The van der Waals surface area contributed by atoms with Crippen LogP contribution >= 0.6 is 0 Å². The van der Waals surface area contributed by atoms with Crippen molar-refractivity contribution in [2.24, 2.45) is 17.8 Å². The Balaban J connectivity index is 1.55. The quantitative estimate of drug-likeness (QED) is 0.189. The van der Waals surface area contributed by atoms with E-state index in [1.54, 1.807) is 0 Å². The Kier molecular flexibility index (Phi) is 13.0. The zero-order valence-electron chi connectivity index (χ0n) is 27.6. The highest BCUT2D eigenvalue weighted by Gasteiger charge is 2.45. The van der Waals surface area contributed by atoms with Crippen molar-refractivity contribution in [1.29, 1.82) is 0 Å². The summed E-state index contributed by atoms with van der Waals surface area (Å²) in [6.45, 7) is 17.2. The average Bonchev–Trinajstić information content (AvgIpc) is 2.93. The largest absolute Gasteiger partial charge is 0.487 e. The van der Waals surface area contributed by atoms with Gasteiger partial charge in [-0.1, -0.05) is 72.6 Å². The van der Waals surface area contributed by atoms with Crippen molar-refractivity contribution < 1.29 is 34.6 Å². The summed E-state index contributed by atoms with van der Waals surface area (Å²) in [6.07, 6.45) is 6.72. The third-order valence-electron chi connectivity index (χ3n) is 9.92. The van der Waals surface area contributed by atoms with Gasteiger partial charge in [0, 0.05) is 5.56 Å². The molecule has 1 aromatic rings. The summed E-state index contributed by atoms with van der Waals surface area (Å²) in [5, 5.41) is 40.4. The number of fused-ring (bicyclic) bond motifs is 1. The van der Waals surface area contributed by atoms with Gasteiger partial charge in [-0.15, -0.1) is 0 Å². The van der Waals surface area contributed by atoms with Crippen LogP contribution in [-0.4, -0.2) is 63.3 Å². The molecule has 0 bridgehead atoms. The zero-order chi connectivity index (χ0) is 31.2. The van der Waals surface area contributed by atoms with E-state index in [0.717, 1.165) is 71.4 Å². The van der Waals surface area contributed by atoms with Crippen molar-refractivity contribution in [3.05, 3.63) is 22.3 Å². The van der Waals surface area contributed by atoms with E-state index < -0.39 is 37.3 Å². The molecule has 8 atom stereocenters. The van der Waals surface area contributed by atoms with E-state index in [1.807, 2.05) is 20.8 Å². The van der Waals surface area contributed by atoms with Gasteiger partial charge in [0.25, 0.3) is 0 Å². The molecule has 4 N–H and O–H groups in total. The summed E-state index contributed by atoms with van der Waals surface area (Å²) in [5.41, 5.74) is 3.71. The van der Waals surface area contributed by atoms with Gasteiger partial charge in [0.2, 0.25) is 6.29 Å². The lowest BCUT2D eigenvalue weighted by molar-refractivity contribution is -0.277. The average molecular weight is 593 g/mol. The van der Waals surface area contributed by atoms with E-state index in [2.05, 4.69) is 34.6 Å². The summed E-state index contributed by atoms with van der Waals surface area (Å²) >= 11 is 0. The normalized spacial score (nSPS) is 29.2. The number of rotatable bonds is 15. The maximum atomic E-state index is 10.5. The fourth-order valence-electron chi connectivity index (χ4n) is 6.72. The van der Waals surface area contributed by atoms with Crippen LogP contribution in [0.2, 0.25) is 0 Å². The molecule has 0 aromatic heterocycles. The number of hydrogen-bond donors (Lipinski definition) is 4. The first-order valence-corrected chi connectivity index (χ1v) is 16.6. The minimum Gasteiger partial charge on any atom is -0.487 e. The van der Waals surface area contributed by atoms with Crippen molar-refractivity contribution in [1.82, 2.24) is 0 Å². The lowest BCUT2D eigenvalue weighted by atomic mass is 9.83. The Labute approximate surface area is 255 Å². The molecule has 2 aliphatic heterocycles. The molecule has 1 fully saturated rings. The van der Waals surface area contributed by atoms with E-state index in [-0.39, 0.29) is 5.60 Å². The molecule has 0 amide bonds. The van der Waals surface area contributed by atoms with Crippen LogP contribution in [-0.2, 0) is 11.2 Å². The van der Waals surface area contributed by atoms with Crippen molar-refractivity contribution in [2.75, 3.05) is 6.61 Å². The molecule has 242 valence electrons. The van der Waals surface area contributed by atoms with Crippen LogP contribution in [0, 0.1) is 38.5 Å². The summed E-state index contributed by atoms with van der Waals surface area (Å²) in [5.74, 6) is 3.91. The molecule has 1 aromatic carbocycles. The van der Waals surface area contributed by atoms with Gasteiger partial charge < -0.3 is 34.6 Å². The number of benzene rings is 1. The first-order chi connectivity index (χ1) is 19.8. The van der Waals surface area contributed by atoms with E-state index in [4.69, 9.17) is 14.2 Å². The van der Waals surface area contributed by atoms with Crippen molar-refractivity contribution in [3.63, 3.8) is 0 Å². The molecule has 2 aliphatic rings. The second-order valence-electron chi connectivity index (χ2n) is 14.2. The van der Waals surface area contributed by atoms with Gasteiger partial charge >= 0.3 is 0 Å². The third kappa shape index (κ3) is 8.84. The maximum absolute atomic E-state index is 10.5. The molecule has 0 aliphatic carbocycles. The van der Waals surface area contributed by atoms with Gasteiger partial charge in [0.05, 0.1) is 6.61 Å². The van der Waals surface area contributed by atoms with Gasteiger partial charge in [0.1, 0.15) is 41.5 Å². The van der Waals surface area contributed by atoms with Gasteiger partial charge in [-0.3, -0.25) is 0 Å². The van der Waals surface area contributed by atoms with Crippen LogP contribution in [0.15, 0.2) is 0 Å². The molecule has 0 spiro atoms. The Bertz CT molecular complexity index is 992. The van der Waals surface area contributed by atoms with E-state index in [9.17, 15) is 20.4 Å². The van der Waals surface area contributed by atoms with Crippen LogP contribution in [0.1, 0.15) is 121 Å². The SMILES string of the molecule is Cc1c(C)c2c(c(C)c1O[C@@H]1O[C@H](CO)[C@@H](O)[C@H](O)[C@H]1O)CCC(C)(CCCC(C)CCCC(C)CCCC(C)C)O2.